The zero-order chi connectivity index (χ0) is 17.0. The molecule has 1 heterocycles. The number of ether oxygens (including phenoxy) is 1. The second-order valence-corrected chi connectivity index (χ2v) is 5.43. The Bertz CT molecular complexity index is 711. The van der Waals surface area contributed by atoms with Crippen molar-refractivity contribution in [3.05, 3.63) is 59.0 Å². The van der Waals surface area contributed by atoms with Crippen LogP contribution in [0, 0.1) is 6.92 Å². The number of methoxy groups -OCH3 is 1. The van der Waals surface area contributed by atoms with Crippen LogP contribution in [0.25, 0.3) is 0 Å². The molecule has 0 radical (unpaired) electrons. The number of furan rings is 1. The van der Waals surface area contributed by atoms with Gasteiger partial charge in [0, 0.05) is 0 Å². The zero-order valence-corrected chi connectivity index (χ0v) is 14.6. The standard InChI is InChI=1S/C17H20N2O4.ClH/c1-11-14(15(20)22-3)9-13(23-11)10-19-16(21)17(2,18)12-7-5-4-6-8-12;/h4-9H,10,18H2,1-3H3,(H,19,21);1H. The van der Waals surface area contributed by atoms with Gasteiger partial charge in [-0.25, -0.2) is 4.79 Å². The van der Waals surface area contributed by atoms with E-state index in [9.17, 15) is 9.59 Å². The number of rotatable bonds is 5. The molecule has 130 valence electrons. The molecule has 6 nitrogen and oxygen atoms in total. The number of esters is 1. The monoisotopic (exact) mass is 352 g/mol. The quantitative estimate of drug-likeness (QED) is 0.805. The molecule has 0 bridgehead atoms. The minimum Gasteiger partial charge on any atom is -0.465 e. The number of hydrogen-bond acceptors (Lipinski definition) is 5. The molecule has 0 saturated carbocycles. The molecular formula is C17H21ClN2O4. The summed E-state index contributed by atoms with van der Waals surface area (Å²) in [4.78, 5) is 23.9. The number of hydrogen-bond donors (Lipinski definition) is 2. The van der Waals surface area contributed by atoms with Gasteiger partial charge in [-0.2, -0.15) is 0 Å². The molecule has 1 aromatic heterocycles. The zero-order valence-electron chi connectivity index (χ0n) is 13.8. The SMILES string of the molecule is COC(=O)c1cc(CNC(=O)C(C)(N)c2ccccc2)oc1C.Cl. The fourth-order valence-electron chi connectivity index (χ4n) is 2.21. The molecule has 1 atom stereocenters. The number of nitrogens with two attached hydrogens (primary N) is 1. The molecule has 0 aliphatic heterocycles. The predicted molar refractivity (Wildman–Crippen MR) is 91.9 cm³/mol. The van der Waals surface area contributed by atoms with Gasteiger partial charge in [0.25, 0.3) is 0 Å². The lowest BCUT2D eigenvalue weighted by molar-refractivity contribution is -0.126. The first-order valence-corrected chi connectivity index (χ1v) is 7.16. The second-order valence-electron chi connectivity index (χ2n) is 5.43. The summed E-state index contributed by atoms with van der Waals surface area (Å²) in [5.74, 6) is 0.0916. The van der Waals surface area contributed by atoms with Crippen LogP contribution in [0.2, 0.25) is 0 Å². The lowest BCUT2D eigenvalue weighted by Crippen LogP contribution is -2.48. The minimum absolute atomic E-state index is 0. The van der Waals surface area contributed by atoms with Crippen molar-refractivity contribution < 1.29 is 18.7 Å². The maximum Gasteiger partial charge on any atom is 0.341 e. The summed E-state index contributed by atoms with van der Waals surface area (Å²) in [6.07, 6.45) is 0. The first kappa shape index (κ1) is 19.7. The summed E-state index contributed by atoms with van der Waals surface area (Å²) in [7, 11) is 1.30. The second kappa shape index (κ2) is 7.99. The van der Waals surface area contributed by atoms with Gasteiger partial charge in [0.2, 0.25) is 5.91 Å². The number of aryl methyl sites for hydroxylation is 1. The molecular weight excluding hydrogens is 332 g/mol. The molecule has 7 heteroatoms. The van der Waals surface area contributed by atoms with Crippen LogP contribution in [0.5, 0.6) is 0 Å². The Labute approximate surface area is 146 Å². The Morgan fingerprint density at radius 3 is 2.50 bits per heavy atom. The van der Waals surface area contributed by atoms with Crippen LogP contribution in [0.15, 0.2) is 40.8 Å². The van der Waals surface area contributed by atoms with Crippen molar-refractivity contribution in [2.24, 2.45) is 5.73 Å². The number of carbonyl (C=O) groups excluding carboxylic acids is 2. The van der Waals surface area contributed by atoms with Crippen molar-refractivity contribution >= 4 is 24.3 Å². The maximum atomic E-state index is 12.4. The molecule has 0 fully saturated rings. The summed E-state index contributed by atoms with van der Waals surface area (Å²) in [5.41, 5.74) is 6.03. The molecule has 1 unspecified atom stereocenters. The Balaban J connectivity index is 0.00000288. The van der Waals surface area contributed by atoms with E-state index in [0.29, 0.717) is 22.6 Å². The van der Waals surface area contributed by atoms with Crippen LogP contribution in [0.3, 0.4) is 0 Å². The minimum atomic E-state index is -1.16. The third kappa shape index (κ3) is 4.15. The molecule has 2 aromatic rings. The Hall–Kier alpha value is -2.31. The van der Waals surface area contributed by atoms with Crippen LogP contribution in [0.4, 0.5) is 0 Å². The van der Waals surface area contributed by atoms with E-state index in [1.165, 1.54) is 7.11 Å². The van der Waals surface area contributed by atoms with Crippen molar-refractivity contribution in [1.82, 2.24) is 5.32 Å². The van der Waals surface area contributed by atoms with E-state index < -0.39 is 11.5 Å². The van der Waals surface area contributed by atoms with Gasteiger partial charge in [0.1, 0.15) is 22.6 Å². The van der Waals surface area contributed by atoms with E-state index in [1.807, 2.05) is 18.2 Å². The van der Waals surface area contributed by atoms with Gasteiger partial charge in [0.15, 0.2) is 0 Å². The Morgan fingerprint density at radius 2 is 1.92 bits per heavy atom. The molecule has 1 aromatic carbocycles. The number of amides is 1. The van der Waals surface area contributed by atoms with E-state index in [4.69, 9.17) is 10.2 Å². The van der Waals surface area contributed by atoms with Crippen molar-refractivity contribution in [2.45, 2.75) is 25.9 Å². The van der Waals surface area contributed by atoms with Crippen LogP contribution in [0.1, 0.15) is 34.4 Å². The van der Waals surface area contributed by atoms with Gasteiger partial charge in [-0.3, -0.25) is 4.79 Å². The first-order chi connectivity index (χ1) is 10.9. The summed E-state index contributed by atoms with van der Waals surface area (Å²) < 4.78 is 10.1. The third-order valence-corrected chi connectivity index (χ3v) is 3.64. The first-order valence-electron chi connectivity index (χ1n) is 7.16. The van der Waals surface area contributed by atoms with Crippen molar-refractivity contribution in [3.63, 3.8) is 0 Å². The highest BCUT2D eigenvalue weighted by Crippen LogP contribution is 2.19. The van der Waals surface area contributed by atoms with Gasteiger partial charge < -0.3 is 20.2 Å². The van der Waals surface area contributed by atoms with Crippen LogP contribution in [-0.4, -0.2) is 19.0 Å². The lowest BCUT2D eigenvalue weighted by Gasteiger charge is -2.23. The average Bonchev–Trinajstić information content (AvgIpc) is 2.93. The summed E-state index contributed by atoms with van der Waals surface area (Å²) in [6.45, 7) is 3.44. The van der Waals surface area contributed by atoms with Gasteiger partial charge in [-0.15, -0.1) is 12.4 Å². The molecule has 24 heavy (non-hydrogen) atoms. The number of carbonyl (C=O) groups is 2. The van der Waals surface area contributed by atoms with Crippen molar-refractivity contribution in [3.8, 4) is 0 Å². The van der Waals surface area contributed by atoms with E-state index in [1.54, 1.807) is 32.0 Å². The third-order valence-electron chi connectivity index (χ3n) is 3.64. The van der Waals surface area contributed by atoms with Crippen molar-refractivity contribution in [2.75, 3.05) is 7.11 Å². The van der Waals surface area contributed by atoms with Gasteiger partial charge in [0.05, 0.1) is 13.7 Å². The van der Waals surface area contributed by atoms with E-state index in [0.717, 1.165) is 0 Å². The summed E-state index contributed by atoms with van der Waals surface area (Å²) >= 11 is 0. The largest absolute Gasteiger partial charge is 0.465 e. The van der Waals surface area contributed by atoms with E-state index in [2.05, 4.69) is 10.1 Å². The predicted octanol–water partition coefficient (Wildman–Crippen LogP) is 2.29. The van der Waals surface area contributed by atoms with Gasteiger partial charge in [-0.05, 0) is 25.5 Å². The molecule has 3 N–H and O–H groups in total. The van der Waals surface area contributed by atoms with Crippen LogP contribution < -0.4 is 11.1 Å². The summed E-state index contributed by atoms with van der Waals surface area (Å²) in [5, 5.41) is 2.73. The highest BCUT2D eigenvalue weighted by atomic mass is 35.5. The van der Waals surface area contributed by atoms with Crippen molar-refractivity contribution in [1.29, 1.82) is 0 Å². The number of halogens is 1. The molecule has 1 amide bonds. The molecule has 0 aliphatic carbocycles. The van der Waals surface area contributed by atoms with Crippen LogP contribution >= 0.6 is 12.4 Å². The van der Waals surface area contributed by atoms with Gasteiger partial charge in [-0.1, -0.05) is 30.3 Å². The molecule has 0 saturated heterocycles. The Kier molecular flexibility index (Phi) is 6.57. The lowest BCUT2D eigenvalue weighted by atomic mass is 9.92. The number of benzene rings is 1. The van der Waals surface area contributed by atoms with E-state index >= 15 is 0 Å². The smallest absolute Gasteiger partial charge is 0.341 e. The topological polar surface area (TPSA) is 94.6 Å². The molecule has 2 rings (SSSR count). The maximum absolute atomic E-state index is 12.4. The average molecular weight is 353 g/mol. The molecule has 0 spiro atoms. The Morgan fingerprint density at radius 1 is 1.29 bits per heavy atom. The normalized spacial score (nSPS) is 12.7. The highest BCUT2D eigenvalue weighted by molar-refractivity contribution is 5.90. The van der Waals surface area contributed by atoms with Crippen LogP contribution in [-0.2, 0) is 21.6 Å². The summed E-state index contributed by atoms with van der Waals surface area (Å²) in [6, 6.07) is 10.7. The van der Waals surface area contributed by atoms with Gasteiger partial charge >= 0.3 is 5.97 Å². The number of nitrogens with one attached hydrogen (secondary N) is 1. The fourth-order valence-corrected chi connectivity index (χ4v) is 2.21. The fraction of sp³-hybridized carbons (Fsp3) is 0.294. The highest BCUT2D eigenvalue weighted by Gasteiger charge is 2.30. The molecule has 0 aliphatic rings. The van der Waals surface area contributed by atoms with E-state index in [-0.39, 0.29) is 24.9 Å².